The molecule has 31 heteroatoms. The molecule has 74 heavy (non-hydrogen) atoms. The van der Waals surface area contributed by atoms with Crippen molar-refractivity contribution < 1.29 is 88.0 Å². The maximum Gasteiger partial charge on any atom is 0.435 e. The number of hydrogen-bond acceptors (Lipinski definition) is 12. The van der Waals surface area contributed by atoms with Crippen molar-refractivity contribution >= 4 is 70.3 Å². The van der Waals surface area contributed by atoms with Crippen LogP contribution in [-0.2, 0) is 77.5 Å². The van der Waals surface area contributed by atoms with Gasteiger partial charge in [-0.25, -0.2) is 30.4 Å². The zero-order chi connectivity index (χ0) is 55.1. The maximum atomic E-state index is 15.6. The van der Waals surface area contributed by atoms with E-state index in [1.807, 2.05) is 0 Å². The molecule has 2 aliphatic carbocycles. The molecule has 0 saturated heterocycles. The number of alkyl halides is 8. The number of sulfone groups is 1. The number of rotatable bonds is 18. The summed E-state index contributed by atoms with van der Waals surface area (Å²) in [6, 6.07) is 4.87. The molecule has 2 aliphatic rings. The third kappa shape index (κ3) is 11.9. The first-order chi connectivity index (χ1) is 33.9. The maximum absolute atomic E-state index is 15.6. The third-order valence-corrected chi connectivity index (χ3v) is 16.7. The van der Waals surface area contributed by atoms with E-state index in [0.717, 1.165) is 30.5 Å². The van der Waals surface area contributed by atoms with E-state index >= 15 is 8.78 Å². The number of nitrogens with zero attached hydrogens (tertiary/aromatic N) is 6. The summed E-state index contributed by atoms with van der Waals surface area (Å²) in [5.41, 5.74) is -5.65. The summed E-state index contributed by atoms with van der Waals surface area (Å²) in [5.74, 6) is -12.3. The summed E-state index contributed by atoms with van der Waals surface area (Å²) < 4.78 is 234. The average Bonchev–Trinajstić information content (AvgIpc) is 3.75. The Bertz CT molecular complexity index is 3400. The number of anilines is 1. The highest BCUT2D eigenvalue weighted by Gasteiger charge is 2.68. The van der Waals surface area contributed by atoms with E-state index < -0.39 is 183 Å². The molecule has 17 nitrogen and oxygen atoms in total. The summed E-state index contributed by atoms with van der Waals surface area (Å²) in [5, 5.41) is 8.41. The zero-order valence-corrected chi connectivity index (χ0v) is 42.0. The number of amides is 2. The van der Waals surface area contributed by atoms with E-state index in [2.05, 4.69) is 20.5 Å². The fourth-order valence-corrected chi connectivity index (χ4v) is 10.6. The minimum absolute atomic E-state index is 0.0124. The second-order valence-electron chi connectivity index (χ2n) is 18.4. The van der Waals surface area contributed by atoms with Gasteiger partial charge in [0.25, 0.3) is 16.0 Å². The van der Waals surface area contributed by atoms with Crippen LogP contribution < -0.4 is 9.62 Å². The lowest BCUT2D eigenvalue weighted by atomic mass is 9.93. The number of aromatic nitrogens is 5. The standard InChI is InChI=1S/C43H42ClF10N7O10S3/c1-40(2,72(3,64)65)11-10-24-6-7-25(26-8-9-29(44)33-35(26)60(20-41(47,48)49)58-38(33)61(73(4,66)67)39(63)71-12-5-13-74(68,69)70)34(55-24)30(16-21-14-22(45)17-23(46)15-21)56-31(62)19-59-37-32(36(57-59)43(52,53)54)27-18-28(27)42(37,50)51/h6-9,14-15,17,27-28,30H,5,10-13,16,18-20H2,1-4H3,(H,56,62)(H,68,69,70)/t27-,28?,30-/m0/s1. The molecule has 3 aromatic heterocycles. The highest BCUT2D eigenvalue weighted by Crippen LogP contribution is 2.68. The van der Waals surface area contributed by atoms with Crippen LogP contribution in [0.2, 0.25) is 5.02 Å². The van der Waals surface area contributed by atoms with Crippen LogP contribution in [0.3, 0.4) is 0 Å². The number of fused-ring (bicyclic) bond motifs is 4. The Morgan fingerprint density at radius 1 is 0.946 bits per heavy atom. The largest absolute Gasteiger partial charge is 0.448 e. The second-order valence-corrected chi connectivity index (χ2v) is 24.9. The summed E-state index contributed by atoms with van der Waals surface area (Å²) in [7, 11) is -13.3. The first-order valence-electron chi connectivity index (χ1n) is 21.8. The van der Waals surface area contributed by atoms with Crippen molar-refractivity contribution in [3.8, 4) is 11.1 Å². The quantitative estimate of drug-likeness (QED) is 0.0481. The Labute approximate surface area is 419 Å². The van der Waals surface area contributed by atoms with Crippen LogP contribution >= 0.6 is 11.6 Å². The average molecular weight is 1140 g/mol. The molecule has 1 unspecified atom stereocenters. The van der Waals surface area contributed by atoms with E-state index in [1.165, 1.54) is 26.0 Å². The monoisotopic (exact) mass is 1140 g/mol. The smallest absolute Gasteiger partial charge is 0.435 e. The predicted octanol–water partition coefficient (Wildman–Crippen LogP) is 8.05. The van der Waals surface area contributed by atoms with Gasteiger partial charge in [-0.15, -0.1) is 0 Å². The lowest BCUT2D eigenvalue weighted by molar-refractivity contribution is -0.143. The second kappa shape index (κ2) is 19.5. The highest BCUT2D eigenvalue weighted by atomic mass is 35.5. The number of sulfonamides is 1. The number of nitrogens with one attached hydrogen (secondary N) is 1. The van der Waals surface area contributed by atoms with Gasteiger partial charge in [0.2, 0.25) is 15.9 Å². The summed E-state index contributed by atoms with van der Waals surface area (Å²) >= 11 is 6.59. The van der Waals surface area contributed by atoms with Gasteiger partial charge in [0, 0.05) is 40.6 Å². The van der Waals surface area contributed by atoms with Crippen molar-refractivity contribution in [1.29, 1.82) is 0 Å². The SMILES string of the molecule is CC(C)(CCc1ccc(-c2ccc(Cl)c3c(N(C(=O)OCCCS(=O)(=O)O)S(C)(=O)=O)nn(CC(F)(F)F)c23)c([C@H](Cc2cc(F)cc(F)c2)NC(=O)Cn2nc(C(F)(F)F)c3c2C(F)(F)C2C[C@H]32)n1)S(C)(=O)=O. The van der Waals surface area contributed by atoms with E-state index in [1.54, 1.807) is 0 Å². The number of carbonyl (C=O) groups is 2. The molecule has 5 aromatic rings. The molecule has 2 amide bonds. The number of pyridine rings is 1. The molecule has 7 rings (SSSR count). The number of carbonyl (C=O) groups excluding carboxylic acids is 2. The first-order valence-corrected chi connectivity index (χ1v) is 27.5. The van der Waals surface area contributed by atoms with E-state index in [4.69, 9.17) is 20.9 Å². The molecule has 0 spiro atoms. The molecule has 0 bridgehead atoms. The van der Waals surface area contributed by atoms with Crippen LogP contribution in [0.25, 0.3) is 22.0 Å². The van der Waals surface area contributed by atoms with Crippen LogP contribution in [0.4, 0.5) is 54.5 Å². The Balaban J connectivity index is 1.44. The van der Waals surface area contributed by atoms with E-state index in [-0.39, 0.29) is 49.8 Å². The molecule has 3 heterocycles. The Morgan fingerprint density at radius 2 is 1.58 bits per heavy atom. The van der Waals surface area contributed by atoms with Gasteiger partial charge in [-0.1, -0.05) is 23.7 Å². The normalized spacial score (nSPS) is 17.2. The van der Waals surface area contributed by atoms with Crippen LogP contribution in [0.5, 0.6) is 0 Å². The van der Waals surface area contributed by atoms with Gasteiger partial charge in [0.15, 0.2) is 21.3 Å². The van der Waals surface area contributed by atoms with Crippen molar-refractivity contribution in [2.75, 3.05) is 29.2 Å². The molecule has 3 atom stereocenters. The molecule has 0 aliphatic heterocycles. The van der Waals surface area contributed by atoms with Gasteiger partial charge < -0.3 is 10.1 Å². The number of ether oxygens (including phenoxy) is 1. The van der Waals surface area contributed by atoms with Gasteiger partial charge in [0.05, 0.1) is 51.0 Å². The van der Waals surface area contributed by atoms with Crippen molar-refractivity contribution in [2.45, 2.75) is 94.0 Å². The molecular formula is C43H42ClF10N7O10S3. The molecular weight excluding hydrogens is 1100 g/mol. The summed E-state index contributed by atoms with van der Waals surface area (Å²) in [6.45, 7) is -1.43. The Kier molecular flexibility index (Phi) is 14.8. The molecule has 2 aromatic carbocycles. The van der Waals surface area contributed by atoms with Gasteiger partial charge in [-0.05, 0) is 81.7 Å². The fraction of sp³-hybridized carbons (Fsp3) is 0.465. The zero-order valence-electron chi connectivity index (χ0n) is 38.8. The van der Waals surface area contributed by atoms with Crippen LogP contribution in [-0.4, -0.2) is 102 Å². The number of aryl methyl sites for hydroxylation is 1. The minimum Gasteiger partial charge on any atom is -0.448 e. The Hall–Kier alpha value is -5.59. The van der Waals surface area contributed by atoms with Crippen LogP contribution in [0.15, 0.2) is 42.5 Å². The predicted molar refractivity (Wildman–Crippen MR) is 244 cm³/mol. The van der Waals surface area contributed by atoms with Gasteiger partial charge in [-0.2, -0.15) is 58.0 Å². The first kappa shape index (κ1) is 56.1. The van der Waals surface area contributed by atoms with Crippen molar-refractivity contribution in [1.82, 2.24) is 29.9 Å². The summed E-state index contributed by atoms with van der Waals surface area (Å²) in [6.07, 6.45) is -12.8. The van der Waals surface area contributed by atoms with Crippen LogP contribution in [0.1, 0.15) is 79.0 Å². The molecule has 0 radical (unpaired) electrons. The van der Waals surface area contributed by atoms with Crippen molar-refractivity contribution in [2.24, 2.45) is 5.92 Å². The lowest BCUT2D eigenvalue weighted by Gasteiger charge is -2.25. The van der Waals surface area contributed by atoms with E-state index in [9.17, 15) is 70.0 Å². The topological polar surface area (TPSA) is 230 Å². The fourth-order valence-electron chi connectivity index (χ4n) is 8.66. The Morgan fingerprint density at radius 3 is 2.16 bits per heavy atom. The van der Waals surface area contributed by atoms with Crippen molar-refractivity contribution in [3.05, 3.63) is 93.0 Å². The number of benzene rings is 2. The number of hydrogen-bond donors (Lipinski definition) is 2. The molecule has 1 fully saturated rings. The van der Waals surface area contributed by atoms with E-state index in [0.29, 0.717) is 12.3 Å². The van der Waals surface area contributed by atoms with Gasteiger partial charge in [0.1, 0.15) is 30.4 Å². The minimum atomic E-state index is -5.24. The summed E-state index contributed by atoms with van der Waals surface area (Å²) in [4.78, 5) is 32.3. The number of halogens is 11. The molecule has 2 N–H and O–H groups in total. The van der Waals surface area contributed by atoms with Gasteiger partial charge in [-0.3, -0.25) is 23.7 Å². The lowest BCUT2D eigenvalue weighted by Crippen LogP contribution is -2.37. The third-order valence-electron chi connectivity index (χ3n) is 12.4. The molecule has 404 valence electrons. The van der Waals surface area contributed by atoms with Gasteiger partial charge >= 0.3 is 18.4 Å². The van der Waals surface area contributed by atoms with Crippen LogP contribution in [0, 0.1) is 17.6 Å². The highest BCUT2D eigenvalue weighted by molar-refractivity contribution is 7.93. The molecule has 1 saturated carbocycles. The van der Waals surface area contributed by atoms with Crippen molar-refractivity contribution in [3.63, 3.8) is 0 Å².